The molecule has 6 heteroatoms. The highest BCUT2D eigenvalue weighted by Gasteiger charge is 2.19. The lowest BCUT2D eigenvalue weighted by Gasteiger charge is -1.96. The Kier molecular flexibility index (Phi) is 3.07. The van der Waals surface area contributed by atoms with Crippen LogP contribution in [0.2, 0.25) is 9.36 Å². The molecule has 13 heavy (non-hydrogen) atoms. The highest BCUT2D eigenvalue weighted by molar-refractivity contribution is 7.97. The van der Waals surface area contributed by atoms with Crippen LogP contribution < -0.4 is 0 Å². The first-order chi connectivity index (χ1) is 5.85. The number of rotatable bonds is 2. The second-order valence-electron chi connectivity index (χ2n) is 2.39. The van der Waals surface area contributed by atoms with Gasteiger partial charge in [-0.2, -0.15) is 0 Å². The number of hydrogen-bond acceptors (Lipinski definition) is 3. The molecule has 0 spiro atoms. The van der Waals surface area contributed by atoms with Gasteiger partial charge in [-0.15, -0.1) is 11.3 Å². The zero-order chi connectivity index (χ0) is 10.2. The van der Waals surface area contributed by atoms with Gasteiger partial charge in [-0.05, 0) is 13.0 Å². The molecule has 0 aliphatic rings. The van der Waals surface area contributed by atoms with Crippen LogP contribution in [-0.2, 0) is 9.84 Å². The van der Waals surface area contributed by atoms with Crippen molar-refractivity contribution in [1.29, 1.82) is 0 Å². The fourth-order valence-corrected chi connectivity index (χ4v) is 3.67. The van der Waals surface area contributed by atoms with Gasteiger partial charge in [0.1, 0.15) is 8.55 Å². The topological polar surface area (TPSA) is 34.1 Å². The lowest BCUT2D eigenvalue weighted by molar-refractivity contribution is 0.604. The number of thiophene rings is 1. The molecule has 0 bridgehead atoms. The Balaban J connectivity index is 3.32. The van der Waals surface area contributed by atoms with E-state index in [0.717, 1.165) is 11.3 Å². The maximum Gasteiger partial charge on any atom is 0.211 e. The molecule has 0 atom stereocenters. The monoisotopic (exact) mass is 256 g/mol. The van der Waals surface area contributed by atoms with Crippen LogP contribution in [0, 0.1) is 0 Å². The number of halogens is 2. The molecule has 0 aliphatic carbocycles. The summed E-state index contributed by atoms with van der Waals surface area (Å²) in [6, 6.07) is 1.33. The maximum atomic E-state index is 11.5. The molecule has 0 amide bonds. The Hall–Kier alpha value is -0.0300. The van der Waals surface area contributed by atoms with Crippen molar-refractivity contribution in [3.8, 4) is 0 Å². The number of hydrogen-bond donors (Lipinski definition) is 0. The quantitative estimate of drug-likeness (QED) is 0.814. The van der Waals surface area contributed by atoms with Crippen molar-refractivity contribution in [1.82, 2.24) is 0 Å². The van der Waals surface area contributed by atoms with Gasteiger partial charge in [0.05, 0.1) is 5.02 Å². The largest absolute Gasteiger partial charge is 0.218 e. The first-order valence-electron chi connectivity index (χ1n) is 3.21. The lowest BCUT2D eigenvalue weighted by Crippen LogP contribution is -1.97. The minimum atomic E-state index is -3.42. The van der Waals surface area contributed by atoms with Gasteiger partial charge < -0.3 is 0 Å². The Morgan fingerprint density at radius 1 is 1.54 bits per heavy atom. The Morgan fingerprint density at radius 3 is 2.38 bits per heavy atom. The van der Waals surface area contributed by atoms with Crippen molar-refractivity contribution in [2.24, 2.45) is 0 Å². The van der Waals surface area contributed by atoms with Crippen LogP contribution in [0.25, 0.3) is 0 Å². The third kappa shape index (κ3) is 2.07. The van der Waals surface area contributed by atoms with E-state index in [1.54, 1.807) is 0 Å². The summed E-state index contributed by atoms with van der Waals surface area (Å²) in [5.41, 5.74) is 0. The first-order valence-corrected chi connectivity index (χ1v) is 6.26. The predicted molar refractivity (Wildman–Crippen MR) is 56.3 cm³/mol. The Morgan fingerprint density at radius 2 is 2.08 bits per heavy atom. The van der Waals surface area contributed by atoms with E-state index in [2.05, 4.69) is 6.58 Å². The smallest absolute Gasteiger partial charge is 0.211 e. The molecular weight excluding hydrogens is 251 g/mol. The van der Waals surface area contributed by atoms with Gasteiger partial charge in [-0.3, -0.25) is 0 Å². The molecule has 0 fully saturated rings. The highest BCUT2D eigenvalue weighted by Crippen LogP contribution is 2.36. The van der Waals surface area contributed by atoms with Crippen molar-refractivity contribution in [3.63, 3.8) is 0 Å². The van der Waals surface area contributed by atoms with Crippen molar-refractivity contribution in [2.45, 2.75) is 11.1 Å². The molecule has 0 aliphatic heterocycles. The van der Waals surface area contributed by atoms with Gasteiger partial charge in [0.2, 0.25) is 9.84 Å². The number of sulfone groups is 1. The van der Waals surface area contributed by atoms with Gasteiger partial charge in [-0.25, -0.2) is 8.42 Å². The molecule has 72 valence electrons. The van der Waals surface area contributed by atoms with Gasteiger partial charge in [0.15, 0.2) is 0 Å². The van der Waals surface area contributed by atoms with Crippen LogP contribution in [0.5, 0.6) is 0 Å². The summed E-state index contributed by atoms with van der Waals surface area (Å²) < 4.78 is 23.4. The molecule has 1 rings (SSSR count). The molecular formula is C7H6Cl2O2S2. The highest BCUT2D eigenvalue weighted by atomic mass is 35.5. The summed E-state index contributed by atoms with van der Waals surface area (Å²) in [5.74, 6) is 0. The third-order valence-corrected chi connectivity index (χ3v) is 5.48. The average Bonchev–Trinajstić information content (AvgIpc) is 2.32. The van der Waals surface area contributed by atoms with Crippen molar-refractivity contribution < 1.29 is 8.42 Å². The number of allylic oxidation sites excluding steroid dienone is 1. The van der Waals surface area contributed by atoms with Crippen LogP contribution in [-0.4, -0.2) is 8.42 Å². The molecule has 0 radical (unpaired) electrons. The summed E-state index contributed by atoms with van der Waals surface area (Å²) in [6.07, 6.45) is 0. The molecule has 2 nitrogen and oxygen atoms in total. The van der Waals surface area contributed by atoms with Gasteiger partial charge >= 0.3 is 0 Å². The van der Waals surface area contributed by atoms with E-state index in [1.807, 2.05) is 0 Å². The van der Waals surface area contributed by atoms with E-state index in [-0.39, 0.29) is 18.5 Å². The van der Waals surface area contributed by atoms with Crippen LogP contribution >= 0.6 is 34.5 Å². The van der Waals surface area contributed by atoms with E-state index in [4.69, 9.17) is 23.2 Å². The Labute approximate surface area is 90.7 Å². The van der Waals surface area contributed by atoms with E-state index in [1.165, 1.54) is 13.0 Å². The minimum absolute atomic E-state index is 0.0853. The molecule has 1 aromatic rings. The fraction of sp³-hybridized carbons (Fsp3) is 0.143. The standard InChI is InChI=1S/C7H6Cl2O2S2/c1-4(2)13(10,11)6-3-5(8)7(9)12-6/h3H,1H2,2H3. The average molecular weight is 257 g/mol. The zero-order valence-electron chi connectivity index (χ0n) is 6.67. The summed E-state index contributed by atoms with van der Waals surface area (Å²) in [4.78, 5) is 0.0853. The van der Waals surface area contributed by atoms with Crippen LogP contribution in [0.15, 0.2) is 21.8 Å². The lowest BCUT2D eigenvalue weighted by atomic mass is 10.7. The molecule has 0 N–H and O–H groups in total. The molecule has 0 aromatic carbocycles. The van der Waals surface area contributed by atoms with Crippen molar-refractivity contribution in [2.75, 3.05) is 0 Å². The summed E-state index contributed by atoms with van der Waals surface area (Å²) in [6.45, 7) is 4.80. The molecule has 1 aromatic heterocycles. The minimum Gasteiger partial charge on any atom is -0.218 e. The van der Waals surface area contributed by atoms with E-state index < -0.39 is 9.84 Å². The second-order valence-corrected chi connectivity index (χ2v) is 6.86. The van der Waals surface area contributed by atoms with Crippen molar-refractivity contribution >= 4 is 44.4 Å². The SMILES string of the molecule is C=C(C)S(=O)(=O)c1cc(Cl)c(Cl)s1. The fourth-order valence-electron chi connectivity index (χ4n) is 0.631. The summed E-state index contributed by atoms with van der Waals surface area (Å²) in [5, 5.41) is 0.256. The maximum absolute atomic E-state index is 11.5. The van der Waals surface area contributed by atoms with Crippen LogP contribution in [0.1, 0.15) is 6.92 Å². The van der Waals surface area contributed by atoms with Gasteiger partial charge in [-0.1, -0.05) is 29.8 Å². The van der Waals surface area contributed by atoms with Gasteiger partial charge in [0, 0.05) is 4.91 Å². The summed E-state index contributed by atoms with van der Waals surface area (Å²) in [7, 11) is -3.42. The van der Waals surface area contributed by atoms with E-state index in [0.29, 0.717) is 0 Å². The van der Waals surface area contributed by atoms with Crippen LogP contribution in [0.3, 0.4) is 0 Å². The molecule has 0 saturated carbocycles. The molecule has 0 saturated heterocycles. The van der Waals surface area contributed by atoms with Crippen molar-refractivity contribution in [3.05, 3.63) is 26.9 Å². The zero-order valence-corrected chi connectivity index (χ0v) is 9.82. The second kappa shape index (κ2) is 3.61. The third-order valence-electron chi connectivity index (χ3n) is 1.35. The predicted octanol–water partition coefficient (Wildman–Crippen LogP) is 3.36. The molecule has 1 heterocycles. The van der Waals surface area contributed by atoms with Crippen LogP contribution in [0.4, 0.5) is 0 Å². The van der Waals surface area contributed by atoms with Gasteiger partial charge in [0.25, 0.3) is 0 Å². The van der Waals surface area contributed by atoms with E-state index in [9.17, 15) is 8.42 Å². The first kappa shape index (κ1) is 11.0. The Bertz CT molecular complexity index is 426. The van der Waals surface area contributed by atoms with E-state index >= 15 is 0 Å². The normalized spacial score (nSPS) is 11.6. The molecule has 0 unspecified atom stereocenters. The summed E-state index contributed by atoms with van der Waals surface area (Å²) >= 11 is 12.2.